The molecule has 140 valence electrons. The molecule has 1 aromatic heterocycles. The topological polar surface area (TPSA) is 60.4 Å². The molecule has 5 nitrogen and oxygen atoms in total. The number of carbonyl (C=O) groups excluding carboxylic acids is 1. The minimum Gasteiger partial charge on any atom is -0.494 e. The molecule has 0 bridgehead atoms. The molecule has 1 N–H and O–H groups in total. The zero-order valence-electron chi connectivity index (χ0n) is 15.6. The Morgan fingerprint density at radius 1 is 1.19 bits per heavy atom. The number of aromatic nitrogens is 1. The second-order valence-corrected chi connectivity index (χ2v) is 6.21. The van der Waals surface area contributed by atoms with Crippen LogP contribution in [-0.2, 0) is 16.0 Å². The summed E-state index contributed by atoms with van der Waals surface area (Å²) in [5, 5.41) is 3.26. The number of benzene rings is 1. The molecule has 5 heteroatoms. The molecule has 2 aromatic rings. The first-order valence-corrected chi connectivity index (χ1v) is 9.21. The van der Waals surface area contributed by atoms with Crippen molar-refractivity contribution in [1.82, 2.24) is 4.98 Å². The summed E-state index contributed by atoms with van der Waals surface area (Å²) in [5.74, 6) is 1.51. The number of ether oxygens (including phenoxy) is 2. The molecule has 0 aliphatic heterocycles. The molecule has 1 heterocycles. The maximum Gasteiger partial charge on any atom is 0.302 e. The molecule has 0 saturated heterocycles. The first-order valence-electron chi connectivity index (χ1n) is 9.21. The number of hydrogen-bond donors (Lipinski definition) is 1. The van der Waals surface area contributed by atoms with E-state index in [0.717, 1.165) is 49.4 Å². The second-order valence-electron chi connectivity index (χ2n) is 6.21. The van der Waals surface area contributed by atoms with E-state index in [-0.39, 0.29) is 12.1 Å². The van der Waals surface area contributed by atoms with Gasteiger partial charge < -0.3 is 14.8 Å². The van der Waals surface area contributed by atoms with Gasteiger partial charge in [-0.15, -0.1) is 0 Å². The van der Waals surface area contributed by atoms with Crippen LogP contribution in [0.25, 0.3) is 0 Å². The molecule has 1 unspecified atom stereocenters. The van der Waals surface area contributed by atoms with Crippen LogP contribution >= 0.6 is 0 Å². The van der Waals surface area contributed by atoms with Gasteiger partial charge in [0.15, 0.2) is 0 Å². The highest BCUT2D eigenvalue weighted by Crippen LogP contribution is 2.16. The average molecular weight is 356 g/mol. The number of rotatable bonds is 11. The number of nitrogens with zero attached hydrogens (tertiary/aromatic N) is 1. The van der Waals surface area contributed by atoms with Gasteiger partial charge in [0.05, 0.1) is 6.61 Å². The van der Waals surface area contributed by atoms with Crippen molar-refractivity contribution in [3.8, 4) is 5.75 Å². The predicted molar refractivity (Wildman–Crippen MR) is 103 cm³/mol. The van der Waals surface area contributed by atoms with Gasteiger partial charge >= 0.3 is 5.97 Å². The SMILES string of the molecule is CCCC(Cc1ccc(OCCCNc2ccccn2)cc1)OC(C)=O. The highest BCUT2D eigenvalue weighted by Gasteiger charge is 2.12. The van der Waals surface area contributed by atoms with Crippen LogP contribution in [0, 0.1) is 0 Å². The van der Waals surface area contributed by atoms with E-state index >= 15 is 0 Å². The lowest BCUT2D eigenvalue weighted by Gasteiger charge is -2.16. The molecule has 0 amide bonds. The van der Waals surface area contributed by atoms with Crippen molar-refractivity contribution in [2.24, 2.45) is 0 Å². The van der Waals surface area contributed by atoms with Gasteiger partial charge in [0, 0.05) is 26.1 Å². The number of esters is 1. The standard InChI is InChI=1S/C21H28N2O3/c1-3-7-20(26-17(2)24)16-18-9-11-19(12-10-18)25-15-6-14-23-21-8-4-5-13-22-21/h4-5,8-13,20H,3,6-7,14-16H2,1-2H3,(H,22,23). The zero-order valence-corrected chi connectivity index (χ0v) is 15.6. The maximum absolute atomic E-state index is 11.2. The van der Waals surface area contributed by atoms with E-state index in [1.165, 1.54) is 6.92 Å². The van der Waals surface area contributed by atoms with Gasteiger partial charge in [-0.1, -0.05) is 31.5 Å². The Kier molecular flexibility index (Phi) is 8.46. The third-order valence-corrected chi connectivity index (χ3v) is 3.89. The lowest BCUT2D eigenvalue weighted by Crippen LogP contribution is -2.18. The summed E-state index contributed by atoms with van der Waals surface area (Å²) < 4.78 is 11.1. The minimum absolute atomic E-state index is 0.0538. The monoisotopic (exact) mass is 356 g/mol. The van der Waals surface area contributed by atoms with Gasteiger partial charge in [-0.25, -0.2) is 4.98 Å². The van der Waals surface area contributed by atoms with Crippen LogP contribution in [0.15, 0.2) is 48.7 Å². The van der Waals surface area contributed by atoms with Crippen molar-refractivity contribution < 1.29 is 14.3 Å². The molecule has 0 spiro atoms. The van der Waals surface area contributed by atoms with Crippen LogP contribution in [0.2, 0.25) is 0 Å². The van der Waals surface area contributed by atoms with E-state index in [2.05, 4.69) is 17.2 Å². The Bertz CT molecular complexity index is 644. The number of carbonyl (C=O) groups is 1. The quantitative estimate of drug-likeness (QED) is 0.482. The summed E-state index contributed by atoms with van der Waals surface area (Å²) in [6.07, 6.45) is 5.21. The summed E-state index contributed by atoms with van der Waals surface area (Å²) in [5.41, 5.74) is 1.15. The van der Waals surface area contributed by atoms with E-state index in [1.807, 2.05) is 42.5 Å². The lowest BCUT2D eigenvalue weighted by molar-refractivity contribution is -0.146. The van der Waals surface area contributed by atoms with Crippen molar-refractivity contribution >= 4 is 11.8 Å². The Hall–Kier alpha value is -2.56. The third-order valence-electron chi connectivity index (χ3n) is 3.89. The van der Waals surface area contributed by atoms with Gasteiger partial charge in [0.2, 0.25) is 0 Å². The Morgan fingerprint density at radius 2 is 2.00 bits per heavy atom. The van der Waals surface area contributed by atoms with Gasteiger partial charge in [-0.2, -0.15) is 0 Å². The predicted octanol–water partition coefficient (Wildman–Crippen LogP) is 4.24. The van der Waals surface area contributed by atoms with E-state index in [4.69, 9.17) is 9.47 Å². The van der Waals surface area contributed by atoms with Crippen molar-refractivity contribution in [1.29, 1.82) is 0 Å². The Labute approximate surface area is 155 Å². The molecule has 1 atom stereocenters. The van der Waals surface area contributed by atoms with Crippen LogP contribution in [0.5, 0.6) is 5.75 Å². The van der Waals surface area contributed by atoms with Crippen LogP contribution in [-0.4, -0.2) is 30.2 Å². The number of nitrogens with one attached hydrogen (secondary N) is 1. The van der Waals surface area contributed by atoms with Crippen LogP contribution in [0.4, 0.5) is 5.82 Å². The smallest absolute Gasteiger partial charge is 0.302 e. The third kappa shape index (κ3) is 7.55. The average Bonchev–Trinajstić information content (AvgIpc) is 2.63. The van der Waals surface area contributed by atoms with E-state index in [1.54, 1.807) is 6.20 Å². The first kappa shape index (κ1) is 19.8. The fourth-order valence-corrected chi connectivity index (χ4v) is 2.69. The maximum atomic E-state index is 11.2. The number of anilines is 1. The van der Waals surface area contributed by atoms with E-state index in [0.29, 0.717) is 6.61 Å². The molecule has 0 aliphatic rings. The van der Waals surface area contributed by atoms with E-state index < -0.39 is 0 Å². The fourth-order valence-electron chi connectivity index (χ4n) is 2.69. The van der Waals surface area contributed by atoms with Crippen molar-refractivity contribution in [3.63, 3.8) is 0 Å². The van der Waals surface area contributed by atoms with Gasteiger partial charge in [0.1, 0.15) is 17.7 Å². The molecular formula is C21H28N2O3. The van der Waals surface area contributed by atoms with Gasteiger partial charge in [-0.05, 0) is 42.7 Å². The highest BCUT2D eigenvalue weighted by molar-refractivity contribution is 5.66. The summed E-state index contributed by atoms with van der Waals surface area (Å²) in [7, 11) is 0. The highest BCUT2D eigenvalue weighted by atomic mass is 16.5. The number of pyridine rings is 1. The van der Waals surface area contributed by atoms with Crippen molar-refractivity contribution in [2.45, 2.75) is 45.6 Å². The minimum atomic E-state index is -0.220. The summed E-state index contributed by atoms with van der Waals surface area (Å²) in [4.78, 5) is 15.4. The molecular weight excluding hydrogens is 328 g/mol. The Morgan fingerprint density at radius 3 is 2.65 bits per heavy atom. The van der Waals surface area contributed by atoms with Crippen LogP contribution < -0.4 is 10.1 Å². The molecule has 26 heavy (non-hydrogen) atoms. The van der Waals surface area contributed by atoms with Crippen molar-refractivity contribution in [2.75, 3.05) is 18.5 Å². The second kappa shape index (κ2) is 11.1. The first-order chi connectivity index (χ1) is 12.7. The fraction of sp³-hybridized carbons (Fsp3) is 0.429. The van der Waals surface area contributed by atoms with Crippen LogP contribution in [0.3, 0.4) is 0 Å². The van der Waals surface area contributed by atoms with Crippen molar-refractivity contribution in [3.05, 3.63) is 54.2 Å². The molecule has 0 aliphatic carbocycles. The van der Waals surface area contributed by atoms with Gasteiger partial charge in [0.25, 0.3) is 0 Å². The number of hydrogen-bond acceptors (Lipinski definition) is 5. The van der Waals surface area contributed by atoms with E-state index in [9.17, 15) is 4.79 Å². The molecule has 1 aromatic carbocycles. The summed E-state index contributed by atoms with van der Waals surface area (Å²) >= 11 is 0. The summed E-state index contributed by atoms with van der Waals surface area (Å²) in [6.45, 7) is 5.01. The largest absolute Gasteiger partial charge is 0.494 e. The summed E-state index contributed by atoms with van der Waals surface area (Å²) in [6, 6.07) is 13.8. The molecule has 0 fully saturated rings. The zero-order chi connectivity index (χ0) is 18.6. The normalized spacial score (nSPS) is 11.6. The molecule has 2 rings (SSSR count). The molecule has 0 saturated carbocycles. The van der Waals surface area contributed by atoms with Crippen LogP contribution in [0.1, 0.15) is 38.7 Å². The lowest BCUT2D eigenvalue weighted by atomic mass is 10.0. The van der Waals surface area contributed by atoms with Gasteiger partial charge in [-0.3, -0.25) is 4.79 Å². The molecule has 0 radical (unpaired) electrons. The Balaban J connectivity index is 1.70.